The lowest BCUT2D eigenvalue weighted by molar-refractivity contribution is -0.137. The van der Waals surface area contributed by atoms with Crippen LogP contribution in [0.5, 0.6) is 0 Å². The lowest BCUT2D eigenvalue weighted by atomic mass is 9.92. The van der Waals surface area contributed by atoms with Crippen molar-refractivity contribution in [2.24, 2.45) is 13.0 Å². The minimum atomic E-state index is -4.39. The zero-order valence-electron chi connectivity index (χ0n) is 12.5. The van der Waals surface area contributed by atoms with Gasteiger partial charge in [-0.15, -0.1) is 0 Å². The second-order valence-electron chi connectivity index (χ2n) is 5.80. The van der Waals surface area contributed by atoms with Gasteiger partial charge in [-0.25, -0.2) is 4.98 Å². The molecule has 0 unspecified atom stereocenters. The highest BCUT2D eigenvalue weighted by Gasteiger charge is 2.35. The normalized spacial score (nSPS) is 21.9. The fourth-order valence-electron chi connectivity index (χ4n) is 2.99. The number of aromatic nitrogens is 3. The SMILES string of the molecule is Cn1cc([C@@H]2CN(c3ccc(C(F)(F)F)cn3)C[C@H]2CO)cn1. The Morgan fingerprint density at radius 1 is 1.26 bits per heavy atom. The molecule has 8 heteroatoms. The van der Waals surface area contributed by atoms with Crippen LogP contribution in [0.2, 0.25) is 0 Å². The zero-order chi connectivity index (χ0) is 16.6. The summed E-state index contributed by atoms with van der Waals surface area (Å²) in [6.45, 7) is 1.15. The second kappa shape index (κ2) is 5.84. The Morgan fingerprint density at radius 2 is 2.04 bits per heavy atom. The average molecular weight is 326 g/mol. The maximum atomic E-state index is 12.6. The maximum absolute atomic E-state index is 12.6. The first-order chi connectivity index (χ1) is 10.9. The molecular formula is C15H17F3N4O. The number of anilines is 1. The summed E-state index contributed by atoms with van der Waals surface area (Å²) in [5, 5.41) is 13.7. The van der Waals surface area contributed by atoms with Gasteiger partial charge in [0, 0.05) is 51.0 Å². The van der Waals surface area contributed by atoms with Gasteiger partial charge in [0.05, 0.1) is 11.8 Å². The maximum Gasteiger partial charge on any atom is 0.417 e. The van der Waals surface area contributed by atoms with E-state index in [4.69, 9.17) is 0 Å². The third-order valence-corrected chi connectivity index (χ3v) is 4.23. The first kappa shape index (κ1) is 15.8. The number of halogens is 3. The summed E-state index contributed by atoms with van der Waals surface area (Å²) in [4.78, 5) is 5.83. The summed E-state index contributed by atoms with van der Waals surface area (Å²) < 4.78 is 39.5. The molecule has 0 aromatic carbocycles. The van der Waals surface area contributed by atoms with Crippen LogP contribution >= 0.6 is 0 Å². The highest BCUT2D eigenvalue weighted by molar-refractivity contribution is 5.43. The van der Waals surface area contributed by atoms with Crippen LogP contribution in [0.1, 0.15) is 17.0 Å². The quantitative estimate of drug-likeness (QED) is 0.938. The summed E-state index contributed by atoms with van der Waals surface area (Å²) in [7, 11) is 1.82. The molecule has 2 aromatic rings. The molecule has 0 spiro atoms. The fourth-order valence-corrected chi connectivity index (χ4v) is 2.99. The van der Waals surface area contributed by atoms with Crippen molar-refractivity contribution in [3.05, 3.63) is 41.9 Å². The molecule has 1 aliphatic rings. The number of aliphatic hydroxyl groups is 1. The van der Waals surface area contributed by atoms with E-state index in [-0.39, 0.29) is 18.4 Å². The molecule has 0 aliphatic carbocycles. The van der Waals surface area contributed by atoms with E-state index < -0.39 is 11.7 Å². The Balaban J connectivity index is 1.79. The highest BCUT2D eigenvalue weighted by atomic mass is 19.4. The van der Waals surface area contributed by atoms with Gasteiger partial charge in [0.1, 0.15) is 5.82 Å². The van der Waals surface area contributed by atoms with E-state index in [0.717, 1.165) is 17.8 Å². The van der Waals surface area contributed by atoms with E-state index in [2.05, 4.69) is 10.1 Å². The van der Waals surface area contributed by atoms with Gasteiger partial charge in [-0.3, -0.25) is 4.68 Å². The Morgan fingerprint density at radius 3 is 2.57 bits per heavy atom. The minimum Gasteiger partial charge on any atom is -0.396 e. The summed E-state index contributed by atoms with van der Waals surface area (Å²) >= 11 is 0. The molecule has 1 aliphatic heterocycles. The number of hydrogen-bond donors (Lipinski definition) is 1. The second-order valence-corrected chi connectivity index (χ2v) is 5.80. The Kier molecular flexibility index (Phi) is 4.01. The molecule has 2 aromatic heterocycles. The molecule has 0 bridgehead atoms. The molecule has 1 fully saturated rings. The minimum absolute atomic E-state index is 0.00305. The summed E-state index contributed by atoms with van der Waals surface area (Å²) in [5.74, 6) is 0.573. The molecule has 1 N–H and O–H groups in total. The molecule has 2 atom stereocenters. The largest absolute Gasteiger partial charge is 0.417 e. The molecule has 5 nitrogen and oxygen atoms in total. The van der Waals surface area contributed by atoms with Crippen molar-refractivity contribution >= 4 is 5.82 Å². The van der Waals surface area contributed by atoms with Crippen molar-refractivity contribution in [2.75, 3.05) is 24.6 Å². The summed E-state index contributed by atoms with van der Waals surface area (Å²) in [5.41, 5.74) is 0.254. The van der Waals surface area contributed by atoms with Crippen molar-refractivity contribution in [3.8, 4) is 0 Å². The third-order valence-electron chi connectivity index (χ3n) is 4.23. The van der Waals surface area contributed by atoms with E-state index in [0.29, 0.717) is 18.9 Å². The first-order valence-corrected chi connectivity index (χ1v) is 7.26. The molecule has 0 saturated carbocycles. The zero-order valence-corrected chi connectivity index (χ0v) is 12.5. The van der Waals surface area contributed by atoms with Crippen molar-refractivity contribution in [1.29, 1.82) is 0 Å². The van der Waals surface area contributed by atoms with Gasteiger partial charge in [0.2, 0.25) is 0 Å². The van der Waals surface area contributed by atoms with E-state index in [1.165, 1.54) is 6.07 Å². The smallest absolute Gasteiger partial charge is 0.396 e. The molecule has 124 valence electrons. The topological polar surface area (TPSA) is 54.2 Å². The molecular weight excluding hydrogens is 309 g/mol. The van der Waals surface area contributed by atoms with Crippen LogP contribution in [-0.4, -0.2) is 39.6 Å². The van der Waals surface area contributed by atoms with Crippen molar-refractivity contribution in [1.82, 2.24) is 14.8 Å². The van der Waals surface area contributed by atoms with Gasteiger partial charge in [-0.1, -0.05) is 0 Å². The van der Waals surface area contributed by atoms with Gasteiger partial charge in [-0.2, -0.15) is 18.3 Å². The lowest BCUT2D eigenvalue weighted by Crippen LogP contribution is -2.22. The molecule has 0 amide bonds. The first-order valence-electron chi connectivity index (χ1n) is 7.26. The van der Waals surface area contributed by atoms with Gasteiger partial charge >= 0.3 is 6.18 Å². The number of nitrogens with zero attached hydrogens (tertiary/aromatic N) is 4. The standard InChI is InChI=1S/C15H17F3N4O/c1-21-6-10(4-20-21)13-8-22(7-11(13)9-23)14-3-2-12(5-19-14)15(16,17)18/h2-6,11,13,23H,7-9H2,1H3/t11-,13-/m0/s1. The molecule has 3 heterocycles. The molecule has 0 radical (unpaired) electrons. The van der Waals surface area contributed by atoms with E-state index in [1.807, 2.05) is 18.1 Å². The van der Waals surface area contributed by atoms with Crippen LogP contribution in [-0.2, 0) is 13.2 Å². The van der Waals surface area contributed by atoms with Crippen molar-refractivity contribution in [2.45, 2.75) is 12.1 Å². The van der Waals surface area contributed by atoms with Crippen molar-refractivity contribution < 1.29 is 18.3 Å². The van der Waals surface area contributed by atoms with Crippen LogP contribution in [0.25, 0.3) is 0 Å². The van der Waals surface area contributed by atoms with Crippen LogP contribution in [0.3, 0.4) is 0 Å². The number of aliphatic hydroxyl groups excluding tert-OH is 1. The van der Waals surface area contributed by atoms with E-state index in [9.17, 15) is 18.3 Å². The van der Waals surface area contributed by atoms with E-state index >= 15 is 0 Å². The third kappa shape index (κ3) is 3.17. The number of pyridine rings is 1. The van der Waals surface area contributed by atoms with Crippen LogP contribution in [0, 0.1) is 5.92 Å². The van der Waals surface area contributed by atoms with Crippen LogP contribution in [0.15, 0.2) is 30.7 Å². The Hall–Kier alpha value is -2.09. The summed E-state index contributed by atoms with van der Waals surface area (Å²) in [6.07, 6.45) is 0.122. The van der Waals surface area contributed by atoms with Crippen molar-refractivity contribution in [3.63, 3.8) is 0 Å². The number of hydrogen-bond acceptors (Lipinski definition) is 4. The number of aryl methyl sites for hydroxylation is 1. The molecule has 3 rings (SSSR count). The van der Waals surface area contributed by atoms with Crippen LogP contribution in [0.4, 0.5) is 19.0 Å². The van der Waals surface area contributed by atoms with Gasteiger partial charge < -0.3 is 10.0 Å². The number of rotatable bonds is 3. The highest BCUT2D eigenvalue weighted by Crippen LogP contribution is 2.35. The molecule has 23 heavy (non-hydrogen) atoms. The van der Waals surface area contributed by atoms with Gasteiger partial charge in [0.15, 0.2) is 0 Å². The van der Waals surface area contributed by atoms with Gasteiger partial charge in [0.25, 0.3) is 0 Å². The van der Waals surface area contributed by atoms with Crippen LogP contribution < -0.4 is 4.90 Å². The molecule has 1 saturated heterocycles. The van der Waals surface area contributed by atoms with Gasteiger partial charge in [-0.05, 0) is 17.7 Å². The van der Waals surface area contributed by atoms with E-state index in [1.54, 1.807) is 10.9 Å². The number of alkyl halides is 3. The predicted molar refractivity (Wildman–Crippen MR) is 78.0 cm³/mol. The predicted octanol–water partition coefficient (Wildman–Crippen LogP) is 2.05. The Labute approximate surface area is 131 Å². The average Bonchev–Trinajstić information content (AvgIpc) is 3.12. The monoisotopic (exact) mass is 326 g/mol. The lowest BCUT2D eigenvalue weighted by Gasteiger charge is -2.17. The fraction of sp³-hybridized carbons (Fsp3) is 0.467. The Bertz CT molecular complexity index is 668. The summed E-state index contributed by atoms with van der Waals surface area (Å²) in [6, 6.07) is 2.41.